The summed E-state index contributed by atoms with van der Waals surface area (Å²) in [6.07, 6.45) is -5.61. The molecule has 0 radical (unpaired) electrons. The molecule has 4 atom stereocenters. The van der Waals surface area contributed by atoms with Gasteiger partial charge in [-0.15, -0.1) is 13.2 Å². The second-order valence-electron chi connectivity index (χ2n) is 7.12. The summed E-state index contributed by atoms with van der Waals surface area (Å²) in [7, 11) is -4.44. The number of hydrogen-bond acceptors (Lipinski definition) is 7. The molecule has 162 valence electrons. The minimum absolute atomic E-state index is 0.0524. The predicted octanol–water partition coefficient (Wildman–Crippen LogP) is 0.654. The van der Waals surface area contributed by atoms with E-state index in [4.69, 9.17) is 5.73 Å². The van der Waals surface area contributed by atoms with E-state index >= 15 is 0 Å². The SMILES string of the molecule is N#CC1(C(N)=O)CC1N1C[C@H](S(=O)(=O)c2ccccc2OC(F)(F)F)C[C@H]1C(=O)O. The van der Waals surface area contributed by atoms with Gasteiger partial charge < -0.3 is 15.6 Å². The third-order valence-electron chi connectivity index (χ3n) is 5.37. The molecule has 1 amide bonds. The van der Waals surface area contributed by atoms with Gasteiger partial charge in [-0.2, -0.15) is 5.26 Å². The largest absolute Gasteiger partial charge is 0.573 e. The lowest BCUT2D eigenvalue weighted by Gasteiger charge is -2.22. The molecule has 2 unspecified atom stereocenters. The first-order valence-corrected chi connectivity index (χ1v) is 10.2. The number of hydrogen-bond donors (Lipinski definition) is 2. The molecule has 13 heteroatoms. The zero-order chi connectivity index (χ0) is 22.5. The van der Waals surface area contributed by atoms with Crippen LogP contribution in [0, 0.1) is 16.7 Å². The molecular formula is C17H16F3N3O6S. The van der Waals surface area contributed by atoms with Crippen LogP contribution in [0.3, 0.4) is 0 Å². The predicted molar refractivity (Wildman–Crippen MR) is 92.5 cm³/mol. The Morgan fingerprint density at radius 3 is 2.47 bits per heavy atom. The molecule has 9 nitrogen and oxygen atoms in total. The number of benzene rings is 1. The van der Waals surface area contributed by atoms with Crippen LogP contribution in [0.2, 0.25) is 0 Å². The molecule has 1 aliphatic carbocycles. The topological polar surface area (TPSA) is 151 Å². The molecule has 1 saturated heterocycles. The van der Waals surface area contributed by atoms with E-state index in [-0.39, 0.29) is 13.0 Å². The lowest BCUT2D eigenvalue weighted by Crippen LogP contribution is -2.42. The fourth-order valence-corrected chi connectivity index (χ4v) is 5.61. The van der Waals surface area contributed by atoms with Crippen molar-refractivity contribution in [2.45, 2.75) is 41.4 Å². The lowest BCUT2D eigenvalue weighted by atomic mass is 10.1. The van der Waals surface area contributed by atoms with Gasteiger partial charge in [0.2, 0.25) is 5.91 Å². The number of nitrogens with two attached hydrogens (primary N) is 1. The number of carbonyl (C=O) groups is 2. The van der Waals surface area contributed by atoms with E-state index in [0.717, 1.165) is 12.1 Å². The number of aliphatic carboxylic acids is 1. The van der Waals surface area contributed by atoms with Gasteiger partial charge >= 0.3 is 12.3 Å². The Morgan fingerprint density at radius 2 is 1.97 bits per heavy atom. The number of halogens is 3. The van der Waals surface area contributed by atoms with E-state index in [9.17, 15) is 41.5 Å². The van der Waals surface area contributed by atoms with Crippen LogP contribution in [0.15, 0.2) is 29.2 Å². The standard InChI is InChI=1S/C17H16F3N3O6S/c18-17(19,20)29-11-3-1-2-4-12(11)30(27,28)9-5-10(14(24)25)23(7-9)13-6-16(13,8-21)15(22)26/h1-4,9-10,13H,5-7H2,(H2,22,26)(H,24,25)/t9-,10+,13?,16?/m1/s1. The fourth-order valence-electron chi connectivity index (χ4n) is 3.79. The molecule has 2 fully saturated rings. The van der Waals surface area contributed by atoms with Crippen molar-refractivity contribution >= 4 is 21.7 Å². The van der Waals surface area contributed by atoms with E-state index < -0.39 is 67.9 Å². The molecule has 1 saturated carbocycles. The van der Waals surface area contributed by atoms with Crippen molar-refractivity contribution in [3.05, 3.63) is 24.3 Å². The van der Waals surface area contributed by atoms with Crippen molar-refractivity contribution in [1.29, 1.82) is 5.26 Å². The molecule has 1 heterocycles. The second kappa shape index (κ2) is 7.13. The Bertz CT molecular complexity index is 1040. The van der Waals surface area contributed by atoms with Crippen LogP contribution in [-0.4, -0.2) is 60.5 Å². The van der Waals surface area contributed by atoms with Gasteiger partial charge in [0.05, 0.1) is 11.3 Å². The summed E-state index contributed by atoms with van der Waals surface area (Å²) in [5.74, 6) is -3.25. The van der Waals surface area contributed by atoms with Crippen molar-refractivity contribution in [1.82, 2.24) is 4.90 Å². The van der Waals surface area contributed by atoms with E-state index in [0.29, 0.717) is 0 Å². The Labute approximate surface area is 168 Å². The fraction of sp³-hybridized carbons (Fsp3) is 0.471. The van der Waals surface area contributed by atoms with Crippen LogP contribution in [0.25, 0.3) is 0 Å². The van der Waals surface area contributed by atoms with Gasteiger partial charge in [-0.25, -0.2) is 8.42 Å². The number of amides is 1. The van der Waals surface area contributed by atoms with Gasteiger partial charge in [-0.3, -0.25) is 14.5 Å². The molecule has 3 N–H and O–H groups in total. The summed E-state index contributed by atoms with van der Waals surface area (Å²) in [4.78, 5) is 23.8. The van der Waals surface area contributed by atoms with Crippen LogP contribution < -0.4 is 10.5 Å². The highest BCUT2D eigenvalue weighted by Crippen LogP contribution is 2.51. The molecule has 3 rings (SSSR count). The molecule has 0 bridgehead atoms. The smallest absolute Gasteiger partial charge is 0.480 e. The van der Waals surface area contributed by atoms with Crippen LogP contribution in [-0.2, 0) is 19.4 Å². The van der Waals surface area contributed by atoms with E-state index in [1.807, 2.05) is 0 Å². The number of primary amides is 1. The quantitative estimate of drug-likeness (QED) is 0.645. The maximum Gasteiger partial charge on any atom is 0.573 e. The zero-order valence-corrected chi connectivity index (χ0v) is 16.0. The van der Waals surface area contributed by atoms with Gasteiger partial charge in [0.1, 0.15) is 16.7 Å². The number of ether oxygens (including phenoxy) is 1. The molecule has 1 aromatic carbocycles. The highest BCUT2D eigenvalue weighted by Gasteiger charge is 2.66. The van der Waals surface area contributed by atoms with Gasteiger partial charge in [-0.05, 0) is 25.0 Å². The zero-order valence-electron chi connectivity index (χ0n) is 15.2. The molecule has 30 heavy (non-hydrogen) atoms. The number of likely N-dealkylation sites (tertiary alicyclic amines) is 1. The number of carbonyl (C=O) groups excluding carboxylic acids is 1. The normalized spacial score (nSPS) is 29.2. The summed E-state index contributed by atoms with van der Waals surface area (Å²) < 4.78 is 67.8. The van der Waals surface area contributed by atoms with Crippen molar-refractivity contribution in [2.75, 3.05) is 6.54 Å². The van der Waals surface area contributed by atoms with Crippen LogP contribution in [0.5, 0.6) is 5.75 Å². The average molecular weight is 447 g/mol. The van der Waals surface area contributed by atoms with Crippen molar-refractivity contribution < 1.29 is 41.0 Å². The summed E-state index contributed by atoms with van der Waals surface area (Å²) in [6.45, 7) is -0.388. The summed E-state index contributed by atoms with van der Waals surface area (Å²) in [5, 5.41) is 17.4. The first-order chi connectivity index (χ1) is 13.8. The van der Waals surface area contributed by atoms with E-state index in [1.165, 1.54) is 17.0 Å². The number of alkyl halides is 3. The van der Waals surface area contributed by atoms with E-state index in [2.05, 4.69) is 4.74 Å². The first-order valence-electron chi connectivity index (χ1n) is 8.62. The number of nitrogens with zero attached hydrogens (tertiary/aromatic N) is 2. The number of carboxylic acid groups (broad SMARTS) is 1. The van der Waals surface area contributed by atoms with Crippen LogP contribution in [0.1, 0.15) is 12.8 Å². The van der Waals surface area contributed by atoms with Gasteiger partial charge in [0, 0.05) is 12.6 Å². The van der Waals surface area contributed by atoms with Gasteiger partial charge in [0.25, 0.3) is 0 Å². The summed E-state index contributed by atoms with van der Waals surface area (Å²) in [5.41, 5.74) is 3.61. The molecule has 1 aromatic rings. The third-order valence-corrected chi connectivity index (χ3v) is 7.54. The highest BCUT2D eigenvalue weighted by molar-refractivity contribution is 7.92. The van der Waals surface area contributed by atoms with Gasteiger partial charge in [-0.1, -0.05) is 12.1 Å². The molecule has 1 aliphatic heterocycles. The lowest BCUT2D eigenvalue weighted by molar-refractivity contribution is -0.275. The number of carboxylic acids is 1. The van der Waals surface area contributed by atoms with Gasteiger partial charge in [0.15, 0.2) is 15.3 Å². The van der Waals surface area contributed by atoms with Crippen molar-refractivity contribution in [3.8, 4) is 11.8 Å². The molecule has 2 aliphatic rings. The van der Waals surface area contributed by atoms with Crippen molar-refractivity contribution in [3.63, 3.8) is 0 Å². The number of para-hydroxylation sites is 1. The Hall–Kier alpha value is -2.85. The van der Waals surface area contributed by atoms with Crippen molar-refractivity contribution in [2.24, 2.45) is 11.1 Å². The van der Waals surface area contributed by atoms with Crippen LogP contribution in [0.4, 0.5) is 13.2 Å². The second-order valence-corrected chi connectivity index (χ2v) is 9.31. The molecular weight excluding hydrogens is 431 g/mol. The Balaban J connectivity index is 1.93. The molecule has 0 spiro atoms. The summed E-state index contributed by atoms with van der Waals surface area (Å²) >= 11 is 0. The average Bonchev–Trinajstić information content (AvgIpc) is 3.21. The first kappa shape index (κ1) is 21.8. The number of nitriles is 1. The Morgan fingerprint density at radius 1 is 1.33 bits per heavy atom. The highest BCUT2D eigenvalue weighted by atomic mass is 32.2. The van der Waals surface area contributed by atoms with E-state index in [1.54, 1.807) is 6.07 Å². The van der Waals surface area contributed by atoms with Crippen LogP contribution >= 0.6 is 0 Å². The summed E-state index contributed by atoms with van der Waals surface area (Å²) in [6, 6.07) is 3.69. The number of sulfone groups is 1. The minimum atomic E-state index is -5.13. The maximum atomic E-state index is 13.0. The number of rotatable bonds is 6. The monoisotopic (exact) mass is 447 g/mol. The minimum Gasteiger partial charge on any atom is -0.480 e. The molecule has 0 aromatic heterocycles. The Kier molecular flexibility index (Phi) is 5.20. The maximum absolute atomic E-state index is 13.0. The third kappa shape index (κ3) is 3.68.